The Bertz CT molecular complexity index is 6860. The summed E-state index contributed by atoms with van der Waals surface area (Å²) >= 11 is 17.6. The van der Waals surface area contributed by atoms with Crippen molar-refractivity contribution in [2.45, 2.75) is 27.7 Å². The molecule has 0 bridgehead atoms. The third-order valence-corrected chi connectivity index (χ3v) is 20.4. The summed E-state index contributed by atoms with van der Waals surface area (Å²) in [6.45, 7) is 6.70. The molecule has 0 fully saturated rings. The second-order valence-corrected chi connectivity index (χ2v) is 27.4. The Hall–Kier alpha value is -13.9. The van der Waals surface area contributed by atoms with Gasteiger partial charge < -0.3 is 50.7 Å². The molecular formula is C86H66Cl3F10N15O3. The van der Waals surface area contributed by atoms with E-state index in [1.165, 1.54) is 65.1 Å². The van der Waals surface area contributed by atoms with Crippen molar-refractivity contribution in [1.82, 2.24) is 36.5 Å². The highest BCUT2D eigenvalue weighted by molar-refractivity contribution is 6.38. The molecule has 0 radical (unpaired) electrons. The minimum atomic E-state index is -1.02. The van der Waals surface area contributed by atoms with Crippen LogP contribution >= 0.6 is 34.8 Å². The largest absolute Gasteiger partial charge is 0.496 e. The van der Waals surface area contributed by atoms with Crippen molar-refractivity contribution in [3.05, 3.63) is 263 Å². The lowest BCUT2D eigenvalue weighted by Crippen LogP contribution is -1.96. The summed E-state index contributed by atoms with van der Waals surface area (Å²) in [6.07, 6.45) is 0. The molecule has 0 amide bonds. The van der Waals surface area contributed by atoms with Gasteiger partial charge in [-0.15, -0.1) is 0 Å². The number of methoxy groups -OCH3 is 3. The van der Waals surface area contributed by atoms with Gasteiger partial charge in [-0.2, -0.15) is 36.8 Å². The van der Waals surface area contributed by atoms with Crippen LogP contribution < -0.4 is 14.2 Å². The van der Waals surface area contributed by atoms with Gasteiger partial charge >= 0.3 is 0 Å². The molecule has 0 spiro atoms. The fourth-order valence-electron chi connectivity index (χ4n) is 13.1. The zero-order valence-corrected chi connectivity index (χ0v) is 67.2. The molecule has 31 heteroatoms. The SMILES string of the molecule is COc1cc(F)cc2c1cc(C#N)n2C.COc1ccc(F)c2c1cc(C)n2C.COc1cccc2c1cc(C#N)n2C.Cc1c(F)c(F)cc2c1cc(C#N)n2C.Cc1c(F)cc(F)c2c1cc(C#N)n2C.Cc1cc(F)c(F)c2c1cc(C#N)n2C.Cn1c(C#N)cc2c(Cl)cc(Cl)cc21.Cn1c(C#N)cc2c(Cl)cc(F)c(F)c21. The molecule has 16 aromatic rings. The minimum Gasteiger partial charge on any atom is -0.496 e. The highest BCUT2D eigenvalue weighted by Gasteiger charge is 2.22. The number of nitrogens with zero attached hydrogens (tertiary/aromatic N) is 15. The number of aromatic nitrogens is 8. The maximum absolute atomic E-state index is 13.5. The number of hydrogen-bond acceptors (Lipinski definition) is 10. The van der Waals surface area contributed by atoms with Gasteiger partial charge in [0, 0.05) is 128 Å². The van der Waals surface area contributed by atoms with Crippen LogP contribution in [0.15, 0.2) is 127 Å². The highest BCUT2D eigenvalue weighted by Crippen LogP contribution is 2.36. The summed E-state index contributed by atoms with van der Waals surface area (Å²) < 4.78 is 161. The fraction of sp³-hybridized carbons (Fsp3) is 0.174. The summed E-state index contributed by atoms with van der Waals surface area (Å²) in [5, 5.41) is 68.3. The van der Waals surface area contributed by atoms with E-state index < -0.39 is 46.5 Å². The van der Waals surface area contributed by atoms with E-state index in [2.05, 4.69) is 12.1 Å². The number of ether oxygens (including phenoxy) is 3. The average Bonchev–Trinajstić information content (AvgIpc) is 1.62. The van der Waals surface area contributed by atoms with E-state index in [4.69, 9.17) is 85.8 Å². The van der Waals surface area contributed by atoms with Crippen LogP contribution in [-0.2, 0) is 56.4 Å². The normalized spacial score (nSPS) is 10.5. The molecule has 117 heavy (non-hydrogen) atoms. The lowest BCUT2D eigenvalue weighted by molar-refractivity contribution is 0.416. The van der Waals surface area contributed by atoms with Crippen molar-refractivity contribution in [2.24, 2.45) is 56.4 Å². The first-order valence-electron chi connectivity index (χ1n) is 34.4. The van der Waals surface area contributed by atoms with Gasteiger partial charge in [0.05, 0.1) is 75.5 Å². The Morgan fingerprint density at radius 1 is 0.291 bits per heavy atom. The van der Waals surface area contributed by atoms with Gasteiger partial charge in [0.2, 0.25) is 0 Å². The Labute approximate surface area is 677 Å². The van der Waals surface area contributed by atoms with Crippen LogP contribution in [0.5, 0.6) is 17.2 Å². The topological polar surface area (TPSA) is 234 Å². The molecule has 18 nitrogen and oxygen atoms in total. The van der Waals surface area contributed by atoms with Crippen molar-refractivity contribution < 1.29 is 58.1 Å². The van der Waals surface area contributed by atoms with Gasteiger partial charge in [-0.05, 0) is 148 Å². The van der Waals surface area contributed by atoms with E-state index in [0.717, 1.165) is 68.3 Å². The number of hydrogen-bond donors (Lipinski definition) is 0. The molecule has 8 heterocycles. The van der Waals surface area contributed by atoms with Gasteiger partial charge in [-0.1, -0.05) is 40.9 Å². The first-order valence-corrected chi connectivity index (χ1v) is 35.5. The maximum atomic E-state index is 13.5. The van der Waals surface area contributed by atoms with Crippen molar-refractivity contribution in [3.63, 3.8) is 0 Å². The molecule has 16 rings (SSSR count). The molecule has 594 valence electrons. The summed E-state index contributed by atoms with van der Waals surface area (Å²) in [7, 11) is 18.2. The summed E-state index contributed by atoms with van der Waals surface area (Å²) in [6, 6.07) is 46.3. The Morgan fingerprint density at radius 2 is 0.692 bits per heavy atom. The number of benzene rings is 8. The molecule has 0 aliphatic carbocycles. The highest BCUT2D eigenvalue weighted by atomic mass is 35.5. The molecule has 0 saturated carbocycles. The van der Waals surface area contributed by atoms with Gasteiger partial charge in [-0.3, -0.25) is 0 Å². The van der Waals surface area contributed by atoms with Crippen LogP contribution in [0.4, 0.5) is 43.9 Å². The fourth-order valence-corrected chi connectivity index (χ4v) is 13.8. The predicted octanol–water partition coefficient (Wildman–Crippen LogP) is 21.1. The lowest BCUT2D eigenvalue weighted by atomic mass is 10.1. The van der Waals surface area contributed by atoms with E-state index in [1.54, 1.807) is 112 Å². The standard InChI is InChI=1S/3C11H8F2N2.C11H9FN2O.C11H12FNO.C11H10N2O.C10H6Cl2N2.C10H5ClF2N2/c1-6-8-3-7(5-14)15(2)10(8)4-9(12)11(6)13;1-6-8-3-7(5-14)15(2)11(8)10(13)4-9(6)12;1-6-3-9(12)10(13)11-8(6)4-7(5-14)15(11)2;1-14-8(6-13)5-9-10(14)3-7(12)4-11(9)15-2;1-7-6-8-10(14-3)5-4-9(12)11(8)13(7)2;1-13-8(7-12)6-9-10(13)4-3-5-11(9)14-2;1-14-7(5-13)4-8-9(12)2-6(11)3-10(8)14;1-15-5(4-14)2-6-7(11)3-8(12)9(13)10(6)15/h3*3-4H,1-2H3;3-5H,1-2H3;4-6H,1-3H3;3-6H,1-2H3;2-4H,1H3;2-3H,1H3. The van der Waals surface area contributed by atoms with Gasteiger partial charge in [0.1, 0.15) is 123 Å². The maximum Gasteiger partial charge on any atom is 0.183 e. The number of rotatable bonds is 3. The molecule has 0 aliphatic rings. The molecule has 8 aromatic heterocycles. The second-order valence-electron chi connectivity index (χ2n) is 26.1. The van der Waals surface area contributed by atoms with Gasteiger partial charge in [0.25, 0.3) is 0 Å². The first-order chi connectivity index (χ1) is 55.5. The zero-order chi connectivity index (χ0) is 86.4. The van der Waals surface area contributed by atoms with Crippen molar-refractivity contribution >= 4 is 122 Å². The average molecular weight is 1650 g/mol. The summed E-state index contributed by atoms with van der Waals surface area (Å²) in [4.78, 5) is 0. The van der Waals surface area contributed by atoms with E-state index >= 15 is 0 Å². The summed E-state index contributed by atoms with van der Waals surface area (Å²) in [5.74, 6) is -5.37. The summed E-state index contributed by atoms with van der Waals surface area (Å²) in [5.41, 5.74) is 9.29. The van der Waals surface area contributed by atoms with Crippen LogP contribution in [0.25, 0.3) is 87.2 Å². The zero-order valence-electron chi connectivity index (χ0n) is 65.0. The Kier molecular flexibility index (Phi) is 26.8. The van der Waals surface area contributed by atoms with Gasteiger partial charge in [-0.25, -0.2) is 43.9 Å². The van der Waals surface area contributed by atoms with E-state index in [0.29, 0.717) is 105 Å². The number of aryl methyl sites for hydroxylation is 12. The number of fused-ring (bicyclic) bond motifs is 8. The van der Waals surface area contributed by atoms with Crippen LogP contribution in [-0.4, -0.2) is 57.9 Å². The first kappa shape index (κ1) is 87.1. The van der Waals surface area contributed by atoms with E-state index in [9.17, 15) is 43.9 Å². The molecule has 0 unspecified atom stereocenters. The molecule has 0 aliphatic heterocycles. The Morgan fingerprint density at radius 3 is 1.22 bits per heavy atom. The monoisotopic (exact) mass is 1650 g/mol. The molecule has 8 aromatic carbocycles. The van der Waals surface area contributed by atoms with Crippen LogP contribution in [0, 0.1) is 165 Å². The van der Waals surface area contributed by atoms with Crippen molar-refractivity contribution in [1.29, 1.82) is 36.8 Å². The smallest absolute Gasteiger partial charge is 0.183 e. The van der Waals surface area contributed by atoms with Crippen LogP contribution in [0.2, 0.25) is 15.1 Å². The van der Waals surface area contributed by atoms with Crippen molar-refractivity contribution in [2.75, 3.05) is 21.3 Å². The van der Waals surface area contributed by atoms with Crippen molar-refractivity contribution in [3.8, 4) is 59.7 Å². The molecule has 0 atom stereocenters. The Balaban J connectivity index is 0.000000153. The van der Waals surface area contributed by atoms with E-state index in [-0.39, 0.29) is 44.5 Å². The van der Waals surface area contributed by atoms with E-state index in [1.807, 2.05) is 97.9 Å². The molecule has 0 saturated heterocycles. The molecule has 0 N–H and O–H groups in total. The lowest BCUT2D eigenvalue weighted by Gasteiger charge is -2.03. The third-order valence-electron chi connectivity index (χ3n) is 19.6. The minimum absolute atomic E-state index is 0.0107. The van der Waals surface area contributed by atoms with Gasteiger partial charge in [0.15, 0.2) is 34.9 Å². The molecular weight excluding hydrogens is 1590 g/mol. The number of halogens is 13. The second kappa shape index (κ2) is 36.1. The third kappa shape index (κ3) is 17.0. The number of nitriles is 7. The van der Waals surface area contributed by atoms with Crippen LogP contribution in [0.3, 0.4) is 0 Å². The quantitative estimate of drug-likeness (QED) is 0.120. The van der Waals surface area contributed by atoms with Crippen LogP contribution in [0.1, 0.15) is 62.2 Å². The predicted molar refractivity (Wildman–Crippen MR) is 430 cm³/mol.